The maximum absolute atomic E-state index is 7.43. The minimum atomic E-state index is 0.146. The van der Waals surface area contributed by atoms with Crippen molar-refractivity contribution >= 4 is 5.84 Å². The van der Waals surface area contributed by atoms with Gasteiger partial charge in [0.2, 0.25) is 0 Å². The monoisotopic (exact) mass is 286 g/mol. The first-order valence-corrected chi connectivity index (χ1v) is 8.12. The van der Waals surface area contributed by atoms with Gasteiger partial charge in [-0.15, -0.1) is 0 Å². The highest BCUT2D eigenvalue weighted by Gasteiger charge is 2.28. The summed E-state index contributed by atoms with van der Waals surface area (Å²) < 4.78 is 0. The van der Waals surface area contributed by atoms with Gasteiger partial charge >= 0.3 is 0 Å². The first kappa shape index (κ1) is 14.5. The third-order valence-corrected chi connectivity index (χ3v) is 4.83. The summed E-state index contributed by atoms with van der Waals surface area (Å²) in [5, 5.41) is 7.43. The Kier molecular flexibility index (Phi) is 4.56. The molecule has 2 saturated heterocycles. The Hall–Kier alpha value is -1.39. The summed E-state index contributed by atoms with van der Waals surface area (Å²) in [4.78, 5) is 5.25. The molecule has 1 unspecified atom stereocenters. The molecule has 2 fully saturated rings. The van der Waals surface area contributed by atoms with Crippen molar-refractivity contribution in [2.75, 3.05) is 26.2 Å². The van der Waals surface area contributed by atoms with E-state index in [0.717, 1.165) is 18.2 Å². The Morgan fingerprint density at radius 3 is 2.48 bits per heavy atom. The van der Waals surface area contributed by atoms with Gasteiger partial charge in [-0.25, -0.2) is 0 Å². The van der Waals surface area contributed by atoms with Crippen molar-refractivity contribution < 1.29 is 0 Å². The third kappa shape index (κ3) is 3.63. The Bertz CT molecular complexity index is 476. The van der Waals surface area contributed by atoms with Crippen molar-refractivity contribution in [3.63, 3.8) is 0 Å². The Balaban J connectivity index is 1.53. The smallest absolute Gasteiger partial charge is 0.122 e. The molecule has 2 aliphatic rings. The Labute approximate surface area is 127 Å². The lowest BCUT2D eigenvalue weighted by Crippen LogP contribution is -2.40. The van der Waals surface area contributed by atoms with Crippen LogP contribution in [0.5, 0.6) is 0 Å². The fourth-order valence-electron chi connectivity index (χ4n) is 3.59. The van der Waals surface area contributed by atoms with E-state index in [0.29, 0.717) is 0 Å². The lowest BCUT2D eigenvalue weighted by molar-refractivity contribution is 0.161. The molecule has 3 N–H and O–H groups in total. The van der Waals surface area contributed by atoms with Crippen molar-refractivity contribution in [3.05, 3.63) is 35.4 Å². The average Bonchev–Trinajstić information content (AvgIpc) is 2.97. The molecule has 0 saturated carbocycles. The van der Waals surface area contributed by atoms with Gasteiger partial charge in [0.1, 0.15) is 5.84 Å². The summed E-state index contributed by atoms with van der Waals surface area (Å²) in [5.74, 6) is 0.146. The van der Waals surface area contributed by atoms with Gasteiger partial charge in [0.05, 0.1) is 0 Å². The Morgan fingerprint density at radius 1 is 1.10 bits per heavy atom. The second kappa shape index (κ2) is 6.58. The van der Waals surface area contributed by atoms with Crippen LogP contribution in [0.1, 0.15) is 36.8 Å². The van der Waals surface area contributed by atoms with E-state index in [1.54, 1.807) is 0 Å². The highest BCUT2D eigenvalue weighted by Crippen LogP contribution is 2.21. The van der Waals surface area contributed by atoms with Crippen molar-refractivity contribution in [2.24, 2.45) is 5.73 Å². The molecule has 0 spiro atoms. The number of hydrogen-bond acceptors (Lipinski definition) is 3. The fraction of sp³-hybridized carbons (Fsp3) is 0.588. The summed E-state index contributed by atoms with van der Waals surface area (Å²) >= 11 is 0. The van der Waals surface area contributed by atoms with Gasteiger partial charge in [0, 0.05) is 31.2 Å². The van der Waals surface area contributed by atoms with Crippen LogP contribution in [0.4, 0.5) is 0 Å². The second-order valence-corrected chi connectivity index (χ2v) is 6.38. The van der Waals surface area contributed by atoms with Gasteiger partial charge in [-0.3, -0.25) is 15.2 Å². The molecule has 0 aliphatic carbocycles. The molecule has 1 atom stereocenters. The van der Waals surface area contributed by atoms with Crippen LogP contribution in [0.2, 0.25) is 0 Å². The largest absolute Gasteiger partial charge is 0.384 e. The summed E-state index contributed by atoms with van der Waals surface area (Å²) in [6, 6.07) is 8.88. The van der Waals surface area contributed by atoms with E-state index in [9.17, 15) is 0 Å². The molecule has 3 rings (SSSR count). The highest BCUT2D eigenvalue weighted by molar-refractivity contribution is 5.94. The van der Waals surface area contributed by atoms with Crippen molar-refractivity contribution in [1.29, 1.82) is 5.41 Å². The molecular weight excluding hydrogens is 260 g/mol. The number of nitrogens with zero attached hydrogens (tertiary/aromatic N) is 2. The Morgan fingerprint density at radius 2 is 1.81 bits per heavy atom. The van der Waals surface area contributed by atoms with Gasteiger partial charge in [-0.1, -0.05) is 30.7 Å². The molecule has 0 radical (unpaired) electrons. The van der Waals surface area contributed by atoms with Crippen LogP contribution in [0.25, 0.3) is 0 Å². The summed E-state index contributed by atoms with van der Waals surface area (Å²) in [7, 11) is 0. The van der Waals surface area contributed by atoms with Crippen LogP contribution in [0.15, 0.2) is 24.3 Å². The molecule has 0 amide bonds. The van der Waals surface area contributed by atoms with E-state index in [2.05, 4.69) is 21.9 Å². The normalized spacial score (nSPS) is 24.3. The standard InChI is InChI=1S/C17H26N4/c18-17(19)15-6-4-14(5-7-15)12-20-11-8-16(13-20)21-9-2-1-3-10-21/h4-7,16H,1-3,8-13H2,(H3,18,19). The summed E-state index contributed by atoms with van der Waals surface area (Å²) in [5.41, 5.74) is 7.63. The molecule has 4 nitrogen and oxygen atoms in total. The maximum Gasteiger partial charge on any atom is 0.122 e. The molecule has 4 heteroatoms. The van der Waals surface area contributed by atoms with E-state index < -0.39 is 0 Å². The first-order valence-electron chi connectivity index (χ1n) is 8.12. The first-order chi connectivity index (χ1) is 10.2. The van der Waals surface area contributed by atoms with Gasteiger partial charge in [0.15, 0.2) is 0 Å². The number of likely N-dealkylation sites (tertiary alicyclic amines) is 2. The molecule has 2 aliphatic heterocycles. The zero-order chi connectivity index (χ0) is 14.7. The van der Waals surface area contributed by atoms with Gasteiger partial charge in [-0.05, 0) is 37.9 Å². The third-order valence-electron chi connectivity index (χ3n) is 4.83. The van der Waals surface area contributed by atoms with E-state index >= 15 is 0 Å². The summed E-state index contributed by atoms with van der Waals surface area (Å²) in [6.45, 7) is 6.02. The molecular formula is C17H26N4. The topological polar surface area (TPSA) is 56.4 Å². The van der Waals surface area contributed by atoms with Crippen LogP contribution >= 0.6 is 0 Å². The second-order valence-electron chi connectivity index (χ2n) is 6.38. The van der Waals surface area contributed by atoms with E-state index in [4.69, 9.17) is 11.1 Å². The van der Waals surface area contributed by atoms with Gasteiger partial charge in [0.25, 0.3) is 0 Å². The quantitative estimate of drug-likeness (QED) is 0.658. The number of rotatable bonds is 4. The zero-order valence-electron chi connectivity index (χ0n) is 12.7. The molecule has 0 aromatic heterocycles. The van der Waals surface area contributed by atoms with E-state index in [1.165, 1.54) is 57.4 Å². The number of amidine groups is 1. The van der Waals surface area contributed by atoms with E-state index in [-0.39, 0.29) is 5.84 Å². The molecule has 1 aromatic rings. The zero-order valence-corrected chi connectivity index (χ0v) is 12.7. The average molecular weight is 286 g/mol. The minimum Gasteiger partial charge on any atom is -0.384 e. The maximum atomic E-state index is 7.43. The van der Waals surface area contributed by atoms with Crippen LogP contribution in [-0.4, -0.2) is 47.9 Å². The number of nitrogens with two attached hydrogens (primary N) is 1. The molecule has 1 aromatic carbocycles. The fourth-order valence-corrected chi connectivity index (χ4v) is 3.59. The lowest BCUT2D eigenvalue weighted by Gasteiger charge is -2.32. The SMILES string of the molecule is N=C(N)c1ccc(CN2CCC(N3CCCCC3)C2)cc1. The van der Waals surface area contributed by atoms with Crippen LogP contribution < -0.4 is 5.73 Å². The van der Waals surface area contributed by atoms with Crippen LogP contribution in [0, 0.1) is 5.41 Å². The molecule has 21 heavy (non-hydrogen) atoms. The number of hydrogen-bond donors (Lipinski definition) is 2. The lowest BCUT2D eigenvalue weighted by atomic mass is 10.1. The number of benzene rings is 1. The predicted octanol–water partition coefficient (Wildman–Crippen LogP) is 2.03. The minimum absolute atomic E-state index is 0.146. The van der Waals surface area contributed by atoms with Crippen molar-refractivity contribution in [1.82, 2.24) is 9.80 Å². The van der Waals surface area contributed by atoms with Gasteiger partial charge in [-0.2, -0.15) is 0 Å². The van der Waals surface area contributed by atoms with Crippen molar-refractivity contribution in [3.8, 4) is 0 Å². The van der Waals surface area contributed by atoms with Crippen LogP contribution in [0.3, 0.4) is 0 Å². The molecule has 0 bridgehead atoms. The predicted molar refractivity (Wildman–Crippen MR) is 86.6 cm³/mol. The summed E-state index contributed by atoms with van der Waals surface area (Å²) in [6.07, 6.45) is 5.48. The molecule has 2 heterocycles. The highest BCUT2D eigenvalue weighted by atomic mass is 15.3. The molecule has 114 valence electrons. The van der Waals surface area contributed by atoms with E-state index in [1.807, 2.05) is 12.1 Å². The number of nitrogen functional groups attached to an aromatic ring is 1. The number of piperidine rings is 1. The van der Waals surface area contributed by atoms with Crippen molar-refractivity contribution in [2.45, 2.75) is 38.3 Å². The van der Waals surface area contributed by atoms with Crippen LogP contribution in [-0.2, 0) is 6.54 Å². The van der Waals surface area contributed by atoms with Gasteiger partial charge < -0.3 is 5.73 Å². The number of nitrogens with one attached hydrogen (secondary N) is 1.